The second kappa shape index (κ2) is 7.68. The zero-order valence-electron chi connectivity index (χ0n) is 19.3. The van der Waals surface area contributed by atoms with Crippen LogP contribution in [0.5, 0.6) is 0 Å². The highest BCUT2D eigenvalue weighted by atomic mass is 32.1. The van der Waals surface area contributed by atoms with E-state index < -0.39 is 0 Å². The van der Waals surface area contributed by atoms with Crippen molar-refractivity contribution in [1.82, 2.24) is 24.0 Å². The summed E-state index contributed by atoms with van der Waals surface area (Å²) in [6, 6.07) is 4.84. The number of hydrogen-bond donors (Lipinski definition) is 1. The van der Waals surface area contributed by atoms with Crippen LogP contribution in [0.3, 0.4) is 0 Å². The second-order valence-corrected chi connectivity index (χ2v) is 11.6. The maximum Gasteiger partial charge on any atom is 0.243 e. The van der Waals surface area contributed by atoms with Crippen molar-refractivity contribution < 1.29 is 0 Å². The summed E-state index contributed by atoms with van der Waals surface area (Å²) >= 11 is 1.53. The summed E-state index contributed by atoms with van der Waals surface area (Å²) in [4.78, 5) is 12.1. The largest absolute Gasteiger partial charge is 0.349 e. The van der Waals surface area contributed by atoms with Crippen molar-refractivity contribution in [1.29, 1.82) is 0 Å². The Morgan fingerprint density at radius 2 is 1.81 bits per heavy atom. The van der Waals surface area contributed by atoms with Gasteiger partial charge in [-0.1, -0.05) is 19.9 Å². The second-order valence-electron chi connectivity index (χ2n) is 10.9. The molecule has 3 aliphatic rings. The molecule has 2 saturated carbocycles. The molecule has 4 heterocycles. The Morgan fingerprint density at radius 1 is 1.06 bits per heavy atom. The summed E-state index contributed by atoms with van der Waals surface area (Å²) in [6.07, 6.45) is 9.62. The number of fused-ring (bicyclic) bond motifs is 3. The highest BCUT2D eigenvalue weighted by Crippen LogP contribution is 2.43. The Balaban J connectivity index is 1.20. The number of aryl methyl sites for hydroxylation is 1. The first-order valence-electron chi connectivity index (χ1n) is 12.1. The van der Waals surface area contributed by atoms with Gasteiger partial charge in [0.15, 0.2) is 5.65 Å². The van der Waals surface area contributed by atoms with Gasteiger partial charge in [-0.15, -0.1) is 5.10 Å². The van der Waals surface area contributed by atoms with Crippen molar-refractivity contribution in [2.45, 2.75) is 71.3 Å². The third kappa shape index (κ3) is 3.66. The quantitative estimate of drug-likeness (QED) is 0.608. The van der Waals surface area contributed by atoms with Crippen molar-refractivity contribution in [2.75, 3.05) is 23.3 Å². The van der Waals surface area contributed by atoms with Gasteiger partial charge in [-0.25, -0.2) is 9.50 Å². The van der Waals surface area contributed by atoms with Gasteiger partial charge in [-0.2, -0.15) is 9.36 Å². The lowest BCUT2D eigenvalue weighted by Gasteiger charge is -2.37. The number of hydrogen-bond acceptors (Lipinski definition) is 7. The highest BCUT2D eigenvalue weighted by Gasteiger charge is 2.43. The van der Waals surface area contributed by atoms with Crippen LogP contribution < -0.4 is 10.2 Å². The van der Waals surface area contributed by atoms with Crippen LogP contribution in [0, 0.1) is 24.2 Å². The predicted molar refractivity (Wildman–Crippen MR) is 128 cm³/mol. The predicted octanol–water partition coefficient (Wildman–Crippen LogP) is 4.90. The Bertz CT molecular complexity index is 1090. The number of piperidine rings is 1. The number of aromatic nitrogens is 5. The molecule has 8 heteroatoms. The van der Waals surface area contributed by atoms with Crippen molar-refractivity contribution in [2.24, 2.45) is 17.3 Å². The van der Waals surface area contributed by atoms with E-state index in [0.29, 0.717) is 29.2 Å². The minimum atomic E-state index is 0.441. The molecule has 3 aromatic heterocycles. The molecule has 170 valence electrons. The maximum atomic E-state index is 5.00. The average Bonchev–Trinajstić information content (AvgIpc) is 3.44. The Morgan fingerprint density at radius 3 is 2.50 bits per heavy atom. The van der Waals surface area contributed by atoms with Gasteiger partial charge in [-0.3, -0.25) is 0 Å². The zero-order chi connectivity index (χ0) is 21.9. The Labute approximate surface area is 193 Å². The highest BCUT2D eigenvalue weighted by molar-refractivity contribution is 7.09. The van der Waals surface area contributed by atoms with Gasteiger partial charge < -0.3 is 10.2 Å². The van der Waals surface area contributed by atoms with E-state index in [2.05, 4.69) is 45.6 Å². The number of nitrogens with one attached hydrogen (secondary N) is 1. The van der Waals surface area contributed by atoms with Crippen molar-refractivity contribution >= 4 is 28.3 Å². The number of rotatable bonds is 4. The van der Waals surface area contributed by atoms with E-state index in [9.17, 15) is 0 Å². The molecule has 1 unspecified atom stereocenters. The standard InChI is InChI=1S/C24H33N7S/c1-15-25-23(32-29-15)30-13-17-6-7-18(14-30)20(17)26-22-27-21-19(5-4-12-31(21)28-22)16-8-10-24(2,3)11-9-16/h4-5,12,16-18,20H,6-11,13-14H2,1-3H3,(H,26,28)/t17-,18+,20?. The lowest BCUT2D eigenvalue weighted by atomic mass is 9.71. The summed E-state index contributed by atoms with van der Waals surface area (Å²) in [5.41, 5.74) is 2.88. The summed E-state index contributed by atoms with van der Waals surface area (Å²) in [5.74, 6) is 3.47. The smallest absolute Gasteiger partial charge is 0.243 e. The molecule has 32 heavy (non-hydrogen) atoms. The van der Waals surface area contributed by atoms with Gasteiger partial charge in [0.05, 0.1) is 0 Å². The third-order valence-corrected chi connectivity index (χ3v) is 8.96. The Hall–Kier alpha value is -2.22. The van der Waals surface area contributed by atoms with E-state index in [1.165, 1.54) is 55.6 Å². The van der Waals surface area contributed by atoms with Gasteiger partial charge in [-0.05, 0) is 74.7 Å². The topological polar surface area (TPSA) is 71.2 Å². The van der Waals surface area contributed by atoms with Crippen molar-refractivity contribution in [3.8, 4) is 0 Å². The molecular formula is C24H33N7S. The van der Waals surface area contributed by atoms with Crippen molar-refractivity contribution in [3.05, 3.63) is 29.7 Å². The molecule has 1 aliphatic heterocycles. The number of nitrogens with zero attached hydrogens (tertiary/aromatic N) is 6. The molecule has 0 spiro atoms. The number of pyridine rings is 1. The minimum Gasteiger partial charge on any atom is -0.349 e. The van der Waals surface area contributed by atoms with E-state index in [0.717, 1.165) is 35.6 Å². The van der Waals surface area contributed by atoms with Crippen LogP contribution in [0.25, 0.3) is 5.65 Å². The first-order chi connectivity index (χ1) is 15.4. The van der Waals surface area contributed by atoms with E-state index in [-0.39, 0.29) is 0 Å². The van der Waals surface area contributed by atoms with Crippen LogP contribution in [0.2, 0.25) is 0 Å². The molecule has 0 radical (unpaired) electrons. The van der Waals surface area contributed by atoms with Crippen LogP contribution in [-0.2, 0) is 0 Å². The van der Waals surface area contributed by atoms with Crippen LogP contribution >= 0.6 is 11.5 Å². The fraction of sp³-hybridized carbons (Fsp3) is 0.667. The van der Waals surface area contributed by atoms with E-state index in [4.69, 9.17) is 10.1 Å². The van der Waals surface area contributed by atoms with Crippen LogP contribution in [0.1, 0.15) is 69.7 Å². The molecular weight excluding hydrogens is 418 g/mol. The van der Waals surface area contributed by atoms with E-state index in [1.54, 1.807) is 0 Å². The van der Waals surface area contributed by atoms with Gasteiger partial charge in [0.2, 0.25) is 11.1 Å². The van der Waals surface area contributed by atoms with E-state index in [1.807, 2.05) is 17.6 Å². The van der Waals surface area contributed by atoms with Crippen molar-refractivity contribution in [3.63, 3.8) is 0 Å². The van der Waals surface area contributed by atoms with Crippen LogP contribution in [-0.4, -0.2) is 43.1 Å². The normalized spacial score (nSPS) is 27.8. The molecule has 0 aromatic carbocycles. The molecule has 2 aliphatic carbocycles. The van der Waals surface area contributed by atoms with Crippen LogP contribution in [0.4, 0.5) is 11.1 Å². The van der Waals surface area contributed by atoms with E-state index >= 15 is 0 Å². The van der Waals surface area contributed by atoms with Crippen LogP contribution in [0.15, 0.2) is 18.3 Å². The summed E-state index contributed by atoms with van der Waals surface area (Å²) in [7, 11) is 0. The summed E-state index contributed by atoms with van der Waals surface area (Å²) < 4.78 is 6.36. The molecule has 1 N–H and O–H groups in total. The minimum absolute atomic E-state index is 0.441. The molecule has 7 nitrogen and oxygen atoms in total. The first kappa shape index (κ1) is 20.4. The molecule has 1 saturated heterocycles. The summed E-state index contributed by atoms with van der Waals surface area (Å²) in [5, 5.41) is 9.65. The van der Waals surface area contributed by atoms with Gasteiger partial charge in [0.25, 0.3) is 0 Å². The molecule has 2 bridgehead atoms. The fourth-order valence-corrected chi connectivity index (χ4v) is 6.89. The lowest BCUT2D eigenvalue weighted by molar-refractivity contribution is 0.225. The van der Waals surface area contributed by atoms with Gasteiger partial charge in [0.1, 0.15) is 5.82 Å². The number of anilines is 2. The average molecular weight is 452 g/mol. The molecule has 6 rings (SSSR count). The molecule has 0 amide bonds. The maximum absolute atomic E-state index is 5.00. The third-order valence-electron chi connectivity index (χ3n) is 8.09. The van der Waals surface area contributed by atoms with Gasteiger partial charge >= 0.3 is 0 Å². The SMILES string of the molecule is Cc1nsc(N2C[C@H]3CC[C@@H](C2)C3Nc2nc3c(C4CCC(C)(C)CC4)cccn3n2)n1. The lowest BCUT2D eigenvalue weighted by Crippen LogP contribution is -2.48. The fourth-order valence-electron chi connectivity index (χ4n) is 6.19. The molecule has 3 fully saturated rings. The monoisotopic (exact) mass is 451 g/mol. The first-order valence-corrected chi connectivity index (χ1v) is 12.9. The molecule has 3 atom stereocenters. The van der Waals surface area contributed by atoms with Gasteiger partial charge in [0, 0.05) is 42.4 Å². The zero-order valence-corrected chi connectivity index (χ0v) is 20.1. The summed E-state index contributed by atoms with van der Waals surface area (Å²) in [6.45, 7) is 8.85. The molecule has 3 aromatic rings. The Kier molecular flexibility index (Phi) is 4.89.